The van der Waals surface area contributed by atoms with Crippen LogP contribution < -0.4 is 4.74 Å². The summed E-state index contributed by atoms with van der Waals surface area (Å²) >= 11 is 6.29. The van der Waals surface area contributed by atoms with Gasteiger partial charge in [0.25, 0.3) is 0 Å². The molecular formula is C15H17ClNO2Y-. The Bertz CT molecular complexity index is 517. The number of benzene rings is 1. The SMILES string of the molecule is CCOc1ccc(C2=[C-]CCC(=O)N2CC)c(Cl)c1.[Y]. The van der Waals surface area contributed by atoms with Crippen molar-refractivity contribution in [3.63, 3.8) is 0 Å². The van der Waals surface area contributed by atoms with Crippen LogP contribution >= 0.6 is 11.6 Å². The summed E-state index contributed by atoms with van der Waals surface area (Å²) in [5.41, 5.74) is 1.62. The molecule has 20 heavy (non-hydrogen) atoms. The zero-order valence-electron chi connectivity index (χ0n) is 11.8. The summed E-state index contributed by atoms with van der Waals surface area (Å²) < 4.78 is 5.41. The second kappa shape index (κ2) is 8.16. The Kier molecular flexibility index (Phi) is 7.21. The van der Waals surface area contributed by atoms with Gasteiger partial charge in [0.15, 0.2) is 0 Å². The molecule has 105 valence electrons. The Hall–Kier alpha value is -0.376. The number of carbonyl (C=O) groups is 1. The van der Waals surface area contributed by atoms with Gasteiger partial charge in [-0.15, -0.1) is 35.3 Å². The molecule has 0 fully saturated rings. The van der Waals surface area contributed by atoms with Gasteiger partial charge in [0, 0.05) is 45.7 Å². The maximum Gasteiger partial charge on any atom is 0.223 e. The fraction of sp³-hybridized carbons (Fsp3) is 0.400. The number of amides is 1. The van der Waals surface area contributed by atoms with Crippen LogP contribution in [0.3, 0.4) is 0 Å². The van der Waals surface area contributed by atoms with E-state index in [4.69, 9.17) is 16.3 Å². The van der Waals surface area contributed by atoms with Crippen LogP contribution in [0.25, 0.3) is 5.70 Å². The van der Waals surface area contributed by atoms with Gasteiger partial charge in [-0.25, -0.2) is 6.08 Å². The van der Waals surface area contributed by atoms with Crippen LogP contribution in [0.1, 0.15) is 32.3 Å². The van der Waals surface area contributed by atoms with Crippen molar-refractivity contribution in [2.45, 2.75) is 26.7 Å². The predicted molar refractivity (Wildman–Crippen MR) is 75.9 cm³/mol. The molecule has 1 amide bonds. The molecule has 1 aliphatic heterocycles. The Morgan fingerprint density at radius 2 is 2.15 bits per heavy atom. The van der Waals surface area contributed by atoms with E-state index >= 15 is 0 Å². The second-order valence-electron chi connectivity index (χ2n) is 4.24. The number of nitrogens with zero attached hydrogens (tertiary/aromatic N) is 1. The number of allylic oxidation sites excluding steroid dienone is 1. The average Bonchev–Trinajstić information content (AvgIpc) is 2.39. The van der Waals surface area contributed by atoms with Gasteiger partial charge >= 0.3 is 0 Å². The van der Waals surface area contributed by atoms with Gasteiger partial charge in [-0.1, -0.05) is 0 Å². The first-order valence-electron chi connectivity index (χ1n) is 6.51. The van der Waals surface area contributed by atoms with E-state index in [1.807, 2.05) is 26.0 Å². The maximum absolute atomic E-state index is 11.9. The zero-order valence-corrected chi connectivity index (χ0v) is 15.4. The standard InChI is InChI=1S/C15H17ClNO2.Y/c1-3-17-14(6-5-7-15(17)18)12-9-8-11(19-4-2)10-13(12)16;/h8-10H,3-5,7H2,1-2H3;/q-1;. The molecule has 1 aromatic rings. The molecule has 5 heteroatoms. The van der Waals surface area contributed by atoms with E-state index in [0.29, 0.717) is 31.0 Å². The molecule has 0 atom stereocenters. The third kappa shape index (κ3) is 3.84. The summed E-state index contributed by atoms with van der Waals surface area (Å²) in [5, 5.41) is 0.585. The van der Waals surface area contributed by atoms with E-state index in [-0.39, 0.29) is 38.6 Å². The molecule has 1 heterocycles. The van der Waals surface area contributed by atoms with Crippen molar-refractivity contribution in [2.24, 2.45) is 0 Å². The molecule has 0 unspecified atom stereocenters. The second-order valence-corrected chi connectivity index (χ2v) is 4.65. The monoisotopic (exact) mass is 367 g/mol. The third-order valence-electron chi connectivity index (χ3n) is 3.03. The molecule has 3 nitrogen and oxygen atoms in total. The van der Waals surface area contributed by atoms with Crippen LogP contribution in [0.2, 0.25) is 5.02 Å². The molecule has 1 aromatic carbocycles. The van der Waals surface area contributed by atoms with E-state index in [2.05, 4.69) is 6.08 Å². The van der Waals surface area contributed by atoms with Crippen LogP contribution in [0.15, 0.2) is 18.2 Å². The van der Waals surface area contributed by atoms with Gasteiger partial charge in [0.05, 0.1) is 6.61 Å². The van der Waals surface area contributed by atoms with Crippen LogP contribution in [0, 0.1) is 6.08 Å². The van der Waals surface area contributed by atoms with Crippen molar-refractivity contribution in [3.05, 3.63) is 34.9 Å². The Morgan fingerprint density at radius 1 is 1.40 bits per heavy atom. The van der Waals surface area contributed by atoms with Crippen molar-refractivity contribution in [1.29, 1.82) is 0 Å². The Balaban J connectivity index is 0.00000200. The number of carbonyl (C=O) groups excluding carboxylic acids is 1. The van der Waals surface area contributed by atoms with Crippen LogP contribution in [0.4, 0.5) is 0 Å². The van der Waals surface area contributed by atoms with E-state index < -0.39 is 0 Å². The average molecular weight is 368 g/mol. The summed E-state index contributed by atoms with van der Waals surface area (Å²) in [4.78, 5) is 13.6. The van der Waals surface area contributed by atoms with E-state index in [0.717, 1.165) is 17.0 Å². The molecule has 2 rings (SSSR count). The van der Waals surface area contributed by atoms with Crippen molar-refractivity contribution >= 4 is 23.2 Å². The first-order chi connectivity index (χ1) is 9.17. The molecule has 0 spiro atoms. The maximum atomic E-state index is 11.9. The van der Waals surface area contributed by atoms with Gasteiger partial charge in [0.2, 0.25) is 5.91 Å². The summed E-state index contributed by atoms with van der Waals surface area (Å²) in [7, 11) is 0. The predicted octanol–water partition coefficient (Wildman–Crippen LogP) is 3.52. The van der Waals surface area contributed by atoms with E-state index in [9.17, 15) is 4.79 Å². The Morgan fingerprint density at radius 3 is 2.75 bits per heavy atom. The van der Waals surface area contributed by atoms with Crippen LogP contribution in [-0.2, 0) is 37.5 Å². The molecule has 1 radical (unpaired) electrons. The molecular weight excluding hydrogens is 351 g/mol. The van der Waals surface area contributed by atoms with Crippen molar-refractivity contribution < 1.29 is 42.2 Å². The number of hydrogen-bond acceptors (Lipinski definition) is 2. The number of hydrogen-bond donors (Lipinski definition) is 0. The smallest absolute Gasteiger partial charge is 0.223 e. The van der Waals surface area contributed by atoms with Crippen molar-refractivity contribution in [3.8, 4) is 5.75 Å². The quantitative estimate of drug-likeness (QED) is 0.762. The van der Waals surface area contributed by atoms with Crippen molar-refractivity contribution in [2.75, 3.05) is 13.2 Å². The number of ether oxygens (including phenoxy) is 1. The number of rotatable bonds is 4. The van der Waals surface area contributed by atoms with E-state index in [1.54, 1.807) is 11.0 Å². The fourth-order valence-electron chi connectivity index (χ4n) is 2.16. The number of halogens is 1. The normalized spacial score (nSPS) is 14.7. The van der Waals surface area contributed by atoms with E-state index in [1.165, 1.54) is 0 Å². The van der Waals surface area contributed by atoms with Gasteiger partial charge < -0.3 is 9.64 Å². The summed E-state index contributed by atoms with van der Waals surface area (Å²) in [5.74, 6) is 0.864. The summed E-state index contributed by atoms with van der Waals surface area (Å²) in [6.07, 6.45) is 4.42. The first kappa shape index (κ1) is 17.7. The van der Waals surface area contributed by atoms with Crippen LogP contribution in [-0.4, -0.2) is 24.0 Å². The zero-order chi connectivity index (χ0) is 13.8. The van der Waals surface area contributed by atoms with Gasteiger partial charge in [-0.2, -0.15) is 0 Å². The minimum Gasteiger partial charge on any atom is -0.494 e. The fourth-order valence-corrected chi connectivity index (χ4v) is 2.42. The first-order valence-corrected chi connectivity index (χ1v) is 6.89. The third-order valence-corrected chi connectivity index (χ3v) is 3.34. The molecule has 0 aromatic heterocycles. The van der Waals surface area contributed by atoms with Gasteiger partial charge in [-0.05, 0) is 31.0 Å². The van der Waals surface area contributed by atoms with Gasteiger partial charge in [0.1, 0.15) is 5.75 Å². The molecule has 0 saturated carbocycles. The minimum atomic E-state index is 0. The molecule has 0 N–H and O–H groups in total. The van der Waals surface area contributed by atoms with Crippen molar-refractivity contribution in [1.82, 2.24) is 4.90 Å². The van der Waals surface area contributed by atoms with Crippen LogP contribution in [0.5, 0.6) is 5.75 Å². The summed E-state index contributed by atoms with van der Waals surface area (Å²) in [6.45, 7) is 5.11. The minimum absolute atomic E-state index is 0. The largest absolute Gasteiger partial charge is 0.494 e. The summed E-state index contributed by atoms with van der Waals surface area (Å²) in [6, 6.07) is 5.53. The van der Waals surface area contributed by atoms with Gasteiger partial charge in [-0.3, -0.25) is 4.79 Å². The molecule has 0 saturated heterocycles. The topological polar surface area (TPSA) is 29.5 Å². The molecule has 1 aliphatic rings. The molecule has 0 bridgehead atoms. The Labute approximate surface area is 150 Å². The molecule has 0 aliphatic carbocycles.